The number of likely N-dealkylation sites (tertiary alicyclic amines) is 1. The van der Waals surface area contributed by atoms with Crippen molar-refractivity contribution in [3.63, 3.8) is 0 Å². The molecule has 1 aromatic heterocycles. The topological polar surface area (TPSA) is 81.7 Å². The van der Waals surface area contributed by atoms with E-state index in [1.165, 1.54) is 4.57 Å². The van der Waals surface area contributed by atoms with Crippen LogP contribution in [0, 0.1) is 0 Å². The predicted molar refractivity (Wildman–Crippen MR) is 106 cm³/mol. The predicted octanol–water partition coefficient (Wildman–Crippen LogP) is 2.89. The normalized spacial score (nSPS) is 14.8. The lowest BCUT2D eigenvalue weighted by molar-refractivity contribution is -0.160. The molecule has 2 aromatic carbocycles. The Morgan fingerprint density at radius 1 is 1.00 bits per heavy atom. The van der Waals surface area contributed by atoms with Crippen molar-refractivity contribution < 1.29 is 18.7 Å². The Morgan fingerprint density at radius 2 is 1.69 bits per heavy atom. The summed E-state index contributed by atoms with van der Waals surface area (Å²) in [7, 11) is 0. The maximum absolute atomic E-state index is 12.9. The van der Waals surface area contributed by atoms with E-state index in [0.717, 1.165) is 12.8 Å². The van der Waals surface area contributed by atoms with Gasteiger partial charge >= 0.3 is 11.7 Å². The van der Waals surface area contributed by atoms with Crippen LogP contribution in [0.25, 0.3) is 11.1 Å². The minimum Gasteiger partial charge on any atom is -0.447 e. The quantitative estimate of drug-likeness (QED) is 0.601. The molecule has 0 radical (unpaired) electrons. The highest BCUT2D eigenvalue weighted by molar-refractivity contribution is 5.85. The Hall–Kier alpha value is -3.35. The van der Waals surface area contributed by atoms with Crippen molar-refractivity contribution in [3.05, 3.63) is 70.7 Å². The number of ether oxygens (including phenoxy) is 1. The molecule has 0 bridgehead atoms. The van der Waals surface area contributed by atoms with E-state index in [0.29, 0.717) is 29.8 Å². The maximum atomic E-state index is 12.9. The average molecular weight is 394 g/mol. The SMILES string of the molecule is O=C(CCn1c(=O)oc2ccccc21)OC(C(=O)N1CCCC1)c1ccccc1. The van der Waals surface area contributed by atoms with Gasteiger partial charge in [0.25, 0.3) is 5.91 Å². The molecule has 1 fully saturated rings. The summed E-state index contributed by atoms with van der Waals surface area (Å²) in [5.41, 5.74) is 1.74. The second-order valence-electron chi connectivity index (χ2n) is 7.05. The third kappa shape index (κ3) is 4.08. The van der Waals surface area contributed by atoms with Gasteiger partial charge in [-0.2, -0.15) is 0 Å². The highest BCUT2D eigenvalue weighted by Gasteiger charge is 2.30. The Kier molecular flexibility index (Phi) is 5.46. The molecule has 3 aromatic rings. The van der Waals surface area contributed by atoms with Gasteiger partial charge in [-0.1, -0.05) is 42.5 Å². The van der Waals surface area contributed by atoms with Crippen LogP contribution in [0.3, 0.4) is 0 Å². The monoisotopic (exact) mass is 394 g/mol. The fourth-order valence-corrected chi connectivity index (χ4v) is 3.61. The average Bonchev–Trinajstić information content (AvgIpc) is 3.38. The van der Waals surface area contributed by atoms with Crippen LogP contribution in [0.2, 0.25) is 0 Å². The number of rotatable bonds is 6. The molecule has 1 aliphatic rings. The van der Waals surface area contributed by atoms with Crippen LogP contribution in [-0.2, 0) is 20.9 Å². The number of hydrogen-bond donors (Lipinski definition) is 0. The highest BCUT2D eigenvalue weighted by Crippen LogP contribution is 2.23. The first-order valence-electron chi connectivity index (χ1n) is 9.75. The van der Waals surface area contributed by atoms with E-state index in [1.807, 2.05) is 18.2 Å². The van der Waals surface area contributed by atoms with Crippen molar-refractivity contribution in [3.8, 4) is 0 Å². The number of nitrogens with zero attached hydrogens (tertiary/aromatic N) is 2. The van der Waals surface area contributed by atoms with Gasteiger partial charge in [0.2, 0.25) is 6.10 Å². The number of aryl methyl sites for hydroxylation is 1. The van der Waals surface area contributed by atoms with Crippen LogP contribution in [0.5, 0.6) is 0 Å². The summed E-state index contributed by atoms with van der Waals surface area (Å²) in [5, 5.41) is 0. The molecule has 0 spiro atoms. The van der Waals surface area contributed by atoms with Crippen LogP contribution in [-0.4, -0.2) is 34.4 Å². The van der Waals surface area contributed by atoms with Crippen LogP contribution in [0.4, 0.5) is 0 Å². The largest absolute Gasteiger partial charge is 0.447 e. The molecule has 1 amide bonds. The minimum absolute atomic E-state index is 0.0416. The summed E-state index contributed by atoms with van der Waals surface area (Å²) in [6.07, 6.45) is 0.898. The fourth-order valence-electron chi connectivity index (χ4n) is 3.61. The number of hydrogen-bond acceptors (Lipinski definition) is 5. The molecule has 29 heavy (non-hydrogen) atoms. The molecule has 7 heteroatoms. The number of benzene rings is 2. The molecule has 7 nitrogen and oxygen atoms in total. The Balaban J connectivity index is 1.48. The van der Waals surface area contributed by atoms with Gasteiger partial charge in [-0.15, -0.1) is 0 Å². The second kappa shape index (κ2) is 8.34. The van der Waals surface area contributed by atoms with E-state index in [4.69, 9.17) is 9.15 Å². The Labute approximate surface area is 167 Å². The smallest absolute Gasteiger partial charge is 0.419 e. The van der Waals surface area contributed by atoms with Gasteiger partial charge in [-0.25, -0.2) is 4.79 Å². The van der Waals surface area contributed by atoms with Crippen LogP contribution in [0.15, 0.2) is 63.8 Å². The molecule has 1 atom stereocenters. The lowest BCUT2D eigenvalue weighted by atomic mass is 10.1. The molecular formula is C22H22N2O5. The summed E-state index contributed by atoms with van der Waals surface area (Å²) < 4.78 is 12.2. The van der Waals surface area contributed by atoms with Gasteiger partial charge in [0.15, 0.2) is 5.58 Å². The van der Waals surface area contributed by atoms with E-state index in [-0.39, 0.29) is 18.9 Å². The third-order valence-electron chi connectivity index (χ3n) is 5.11. The molecule has 0 saturated carbocycles. The van der Waals surface area contributed by atoms with E-state index in [2.05, 4.69) is 0 Å². The van der Waals surface area contributed by atoms with Gasteiger partial charge in [-0.3, -0.25) is 14.2 Å². The van der Waals surface area contributed by atoms with Gasteiger partial charge in [0.1, 0.15) is 0 Å². The zero-order chi connectivity index (χ0) is 20.2. The number of fused-ring (bicyclic) bond motifs is 1. The fraction of sp³-hybridized carbons (Fsp3) is 0.318. The number of oxazole rings is 1. The molecular weight excluding hydrogens is 372 g/mol. The zero-order valence-electron chi connectivity index (χ0n) is 16.0. The Bertz CT molecular complexity index is 1060. The van der Waals surface area contributed by atoms with Gasteiger partial charge < -0.3 is 14.1 Å². The number of carbonyl (C=O) groups excluding carboxylic acids is 2. The van der Waals surface area contributed by atoms with E-state index >= 15 is 0 Å². The Morgan fingerprint density at radius 3 is 2.45 bits per heavy atom. The molecule has 150 valence electrons. The molecule has 0 N–H and O–H groups in total. The zero-order valence-corrected chi connectivity index (χ0v) is 16.0. The first kappa shape index (κ1) is 19.0. The summed E-state index contributed by atoms with van der Waals surface area (Å²) in [6.45, 7) is 1.47. The van der Waals surface area contributed by atoms with Crippen molar-refractivity contribution in [2.75, 3.05) is 13.1 Å². The van der Waals surface area contributed by atoms with E-state index < -0.39 is 17.8 Å². The number of para-hydroxylation sites is 2. The number of amides is 1. The van der Waals surface area contributed by atoms with Gasteiger partial charge in [-0.05, 0) is 25.0 Å². The number of aromatic nitrogens is 1. The van der Waals surface area contributed by atoms with Gasteiger partial charge in [0, 0.05) is 25.2 Å². The van der Waals surface area contributed by atoms with Crippen LogP contribution < -0.4 is 5.76 Å². The molecule has 1 unspecified atom stereocenters. The van der Waals surface area contributed by atoms with Crippen LogP contribution in [0.1, 0.15) is 30.9 Å². The molecule has 1 aliphatic heterocycles. The molecule has 4 rings (SSSR count). The van der Waals surface area contributed by atoms with E-state index in [9.17, 15) is 14.4 Å². The first-order valence-corrected chi connectivity index (χ1v) is 9.75. The van der Waals surface area contributed by atoms with E-state index in [1.54, 1.807) is 41.3 Å². The standard InChI is InChI=1S/C22H22N2O5/c25-19(12-15-24-17-10-4-5-11-18(17)28-22(24)27)29-20(16-8-2-1-3-9-16)21(26)23-13-6-7-14-23/h1-5,8-11,20H,6-7,12-15H2. The van der Waals surface area contributed by atoms with Crippen molar-refractivity contribution in [2.45, 2.75) is 31.9 Å². The lowest BCUT2D eigenvalue weighted by Gasteiger charge is -2.23. The number of esters is 1. The summed E-state index contributed by atoms with van der Waals surface area (Å²) in [5.74, 6) is -1.26. The second-order valence-corrected chi connectivity index (χ2v) is 7.05. The van der Waals surface area contributed by atoms with Crippen molar-refractivity contribution >= 4 is 23.0 Å². The summed E-state index contributed by atoms with van der Waals surface area (Å²) in [4.78, 5) is 39.3. The summed E-state index contributed by atoms with van der Waals surface area (Å²) in [6, 6.07) is 16.1. The van der Waals surface area contributed by atoms with Gasteiger partial charge in [0.05, 0.1) is 11.9 Å². The maximum Gasteiger partial charge on any atom is 0.419 e. The number of carbonyl (C=O) groups is 2. The van der Waals surface area contributed by atoms with Crippen molar-refractivity contribution in [2.24, 2.45) is 0 Å². The van der Waals surface area contributed by atoms with Crippen molar-refractivity contribution in [1.82, 2.24) is 9.47 Å². The van der Waals surface area contributed by atoms with Crippen LogP contribution >= 0.6 is 0 Å². The molecule has 0 aliphatic carbocycles. The summed E-state index contributed by atoms with van der Waals surface area (Å²) >= 11 is 0. The first-order chi connectivity index (χ1) is 14.1. The molecule has 2 heterocycles. The minimum atomic E-state index is -0.973. The lowest BCUT2D eigenvalue weighted by Crippen LogP contribution is -2.35. The van der Waals surface area contributed by atoms with Crippen molar-refractivity contribution in [1.29, 1.82) is 0 Å². The third-order valence-corrected chi connectivity index (χ3v) is 5.11. The highest BCUT2D eigenvalue weighted by atomic mass is 16.5. The molecule has 1 saturated heterocycles.